The average molecular weight is 382 g/mol. The van der Waals surface area contributed by atoms with Crippen molar-refractivity contribution < 1.29 is 14.0 Å². The molecular formula is C19H28ClN3O3. The molecule has 0 radical (unpaired) electrons. The van der Waals surface area contributed by atoms with E-state index in [-0.39, 0.29) is 17.8 Å². The molecule has 1 aliphatic rings. The van der Waals surface area contributed by atoms with Crippen LogP contribution < -0.4 is 15.2 Å². The number of rotatable bonds is 7. The minimum absolute atomic E-state index is 0. The number of hydrogen-bond acceptors (Lipinski definition) is 6. The molecule has 7 heteroatoms. The standard InChI is InChI=1S/C19H27N3O3.ClH/c1-23-15-7-6-14(10-16(15)24-2)11-17-21-18(25-22-17)12-19(13-20)8-4-3-5-9-19;/h6-7,10H,3-5,8-9,11-13,20H2,1-2H3;1H. The zero-order chi connectivity index (χ0) is 17.7. The van der Waals surface area contributed by atoms with Crippen molar-refractivity contribution in [2.45, 2.75) is 44.9 Å². The molecule has 1 fully saturated rings. The topological polar surface area (TPSA) is 83.4 Å². The summed E-state index contributed by atoms with van der Waals surface area (Å²) in [6, 6.07) is 5.82. The predicted octanol–water partition coefficient (Wildman–Crippen LogP) is 3.55. The van der Waals surface area contributed by atoms with Crippen LogP contribution in [0.15, 0.2) is 22.7 Å². The Hall–Kier alpha value is -1.79. The van der Waals surface area contributed by atoms with Gasteiger partial charge in [0.05, 0.1) is 14.2 Å². The van der Waals surface area contributed by atoms with Crippen LogP contribution in [0.3, 0.4) is 0 Å². The summed E-state index contributed by atoms with van der Waals surface area (Å²) in [6.45, 7) is 0.681. The van der Waals surface area contributed by atoms with Crippen molar-refractivity contribution in [2.24, 2.45) is 11.1 Å². The van der Waals surface area contributed by atoms with E-state index < -0.39 is 0 Å². The maximum Gasteiger partial charge on any atom is 0.227 e. The molecule has 0 bridgehead atoms. The third kappa shape index (κ3) is 4.68. The maximum atomic E-state index is 6.06. The van der Waals surface area contributed by atoms with E-state index in [0.717, 1.165) is 24.8 Å². The van der Waals surface area contributed by atoms with Gasteiger partial charge >= 0.3 is 0 Å². The Morgan fingerprint density at radius 2 is 1.85 bits per heavy atom. The summed E-state index contributed by atoms with van der Waals surface area (Å²) in [5.41, 5.74) is 7.24. The number of benzene rings is 1. The van der Waals surface area contributed by atoms with E-state index in [1.165, 1.54) is 19.3 Å². The Balaban J connectivity index is 0.00000243. The lowest BCUT2D eigenvalue weighted by Crippen LogP contribution is -2.35. The average Bonchev–Trinajstić information content (AvgIpc) is 3.08. The van der Waals surface area contributed by atoms with Gasteiger partial charge in [0.15, 0.2) is 17.3 Å². The summed E-state index contributed by atoms with van der Waals surface area (Å²) in [7, 11) is 3.26. The second-order valence-electron chi connectivity index (χ2n) is 6.91. The van der Waals surface area contributed by atoms with E-state index in [1.807, 2.05) is 18.2 Å². The Bertz CT molecular complexity index is 699. The number of nitrogens with zero attached hydrogens (tertiary/aromatic N) is 2. The normalized spacial score (nSPS) is 16.0. The van der Waals surface area contributed by atoms with E-state index in [1.54, 1.807) is 14.2 Å². The Morgan fingerprint density at radius 3 is 2.50 bits per heavy atom. The van der Waals surface area contributed by atoms with Gasteiger partial charge in [-0.2, -0.15) is 4.98 Å². The van der Waals surface area contributed by atoms with Crippen LogP contribution in [0.2, 0.25) is 0 Å². The fourth-order valence-electron chi connectivity index (χ4n) is 3.68. The highest BCUT2D eigenvalue weighted by Crippen LogP contribution is 2.38. The van der Waals surface area contributed by atoms with Crippen molar-refractivity contribution in [2.75, 3.05) is 20.8 Å². The van der Waals surface area contributed by atoms with E-state index >= 15 is 0 Å². The second-order valence-corrected chi connectivity index (χ2v) is 6.91. The molecule has 0 amide bonds. The van der Waals surface area contributed by atoms with Gasteiger partial charge in [-0.15, -0.1) is 12.4 Å². The van der Waals surface area contributed by atoms with Crippen LogP contribution in [0.1, 0.15) is 49.4 Å². The number of ether oxygens (including phenoxy) is 2. The molecule has 0 spiro atoms. The molecule has 2 aromatic rings. The minimum Gasteiger partial charge on any atom is -0.493 e. The first-order valence-corrected chi connectivity index (χ1v) is 8.90. The number of hydrogen-bond donors (Lipinski definition) is 1. The maximum absolute atomic E-state index is 6.06. The van der Waals surface area contributed by atoms with Gasteiger partial charge in [0, 0.05) is 12.8 Å². The highest BCUT2D eigenvalue weighted by molar-refractivity contribution is 5.85. The summed E-state index contributed by atoms with van der Waals surface area (Å²) < 4.78 is 16.1. The minimum atomic E-state index is 0. The first kappa shape index (κ1) is 20.5. The van der Waals surface area contributed by atoms with Crippen molar-refractivity contribution in [1.29, 1.82) is 0 Å². The molecule has 6 nitrogen and oxygen atoms in total. The first-order chi connectivity index (χ1) is 12.2. The zero-order valence-electron chi connectivity index (χ0n) is 15.5. The molecule has 0 unspecified atom stereocenters. The highest BCUT2D eigenvalue weighted by Gasteiger charge is 2.32. The van der Waals surface area contributed by atoms with Crippen LogP contribution in [0.25, 0.3) is 0 Å². The molecule has 0 atom stereocenters. The molecule has 1 aromatic carbocycles. The summed E-state index contributed by atoms with van der Waals surface area (Å²) in [5.74, 6) is 2.79. The van der Waals surface area contributed by atoms with E-state index in [9.17, 15) is 0 Å². The van der Waals surface area contributed by atoms with Crippen molar-refractivity contribution >= 4 is 12.4 Å². The fourth-order valence-corrected chi connectivity index (χ4v) is 3.68. The lowest BCUT2D eigenvalue weighted by atomic mass is 9.72. The first-order valence-electron chi connectivity index (χ1n) is 8.90. The Labute approximate surface area is 160 Å². The van der Waals surface area contributed by atoms with Gasteiger partial charge in [-0.05, 0) is 42.5 Å². The molecule has 1 aliphatic carbocycles. The van der Waals surface area contributed by atoms with Gasteiger partial charge in [0.2, 0.25) is 5.89 Å². The monoisotopic (exact) mass is 381 g/mol. The van der Waals surface area contributed by atoms with Gasteiger partial charge in [-0.1, -0.05) is 30.5 Å². The van der Waals surface area contributed by atoms with Gasteiger partial charge < -0.3 is 19.7 Å². The van der Waals surface area contributed by atoms with Crippen LogP contribution in [0.4, 0.5) is 0 Å². The highest BCUT2D eigenvalue weighted by atomic mass is 35.5. The van der Waals surface area contributed by atoms with Gasteiger partial charge in [0.25, 0.3) is 0 Å². The van der Waals surface area contributed by atoms with Crippen LogP contribution in [-0.2, 0) is 12.8 Å². The third-order valence-corrected chi connectivity index (χ3v) is 5.19. The Kier molecular flexibility index (Phi) is 7.29. The number of nitrogens with two attached hydrogens (primary N) is 1. The summed E-state index contributed by atoms with van der Waals surface area (Å²) in [6.07, 6.45) is 7.46. The fraction of sp³-hybridized carbons (Fsp3) is 0.579. The number of methoxy groups -OCH3 is 2. The molecule has 1 heterocycles. The van der Waals surface area contributed by atoms with Crippen molar-refractivity contribution in [3.63, 3.8) is 0 Å². The molecule has 1 aromatic heterocycles. The van der Waals surface area contributed by atoms with E-state index in [2.05, 4.69) is 10.1 Å². The van der Waals surface area contributed by atoms with Crippen LogP contribution >= 0.6 is 12.4 Å². The summed E-state index contributed by atoms with van der Waals surface area (Å²) in [4.78, 5) is 4.59. The largest absolute Gasteiger partial charge is 0.493 e. The number of aromatic nitrogens is 2. The molecule has 1 saturated carbocycles. The number of halogens is 1. The summed E-state index contributed by atoms with van der Waals surface area (Å²) >= 11 is 0. The molecule has 26 heavy (non-hydrogen) atoms. The summed E-state index contributed by atoms with van der Waals surface area (Å²) in [5, 5.41) is 4.14. The van der Waals surface area contributed by atoms with Crippen molar-refractivity contribution in [3.8, 4) is 11.5 Å². The Morgan fingerprint density at radius 1 is 1.12 bits per heavy atom. The molecule has 3 rings (SSSR count). The van der Waals surface area contributed by atoms with Crippen molar-refractivity contribution in [1.82, 2.24) is 10.1 Å². The van der Waals surface area contributed by atoms with Crippen LogP contribution in [0.5, 0.6) is 11.5 Å². The van der Waals surface area contributed by atoms with E-state index in [4.69, 9.17) is 19.7 Å². The predicted molar refractivity (Wildman–Crippen MR) is 102 cm³/mol. The lowest BCUT2D eigenvalue weighted by Gasteiger charge is -2.34. The third-order valence-electron chi connectivity index (χ3n) is 5.19. The molecule has 0 aliphatic heterocycles. The molecule has 2 N–H and O–H groups in total. The van der Waals surface area contributed by atoms with Gasteiger partial charge in [-0.25, -0.2) is 0 Å². The smallest absolute Gasteiger partial charge is 0.227 e. The second kappa shape index (κ2) is 9.24. The SMILES string of the molecule is COc1ccc(Cc2noc(CC3(CN)CCCCC3)n2)cc1OC.Cl. The van der Waals surface area contributed by atoms with Gasteiger partial charge in [0.1, 0.15) is 0 Å². The molecular weight excluding hydrogens is 354 g/mol. The van der Waals surface area contributed by atoms with Crippen LogP contribution in [-0.4, -0.2) is 30.9 Å². The molecule has 144 valence electrons. The zero-order valence-corrected chi connectivity index (χ0v) is 16.3. The molecule has 0 saturated heterocycles. The van der Waals surface area contributed by atoms with E-state index in [0.29, 0.717) is 36.2 Å². The van der Waals surface area contributed by atoms with Gasteiger partial charge in [-0.3, -0.25) is 0 Å². The van der Waals surface area contributed by atoms with Crippen molar-refractivity contribution in [3.05, 3.63) is 35.5 Å². The quantitative estimate of drug-likeness (QED) is 0.789. The van der Waals surface area contributed by atoms with Crippen LogP contribution in [0, 0.1) is 5.41 Å². The lowest BCUT2D eigenvalue weighted by molar-refractivity contribution is 0.177.